The Morgan fingerprint density at radius 2 is 1.44 bits per heavy atom. The molecule has 6 heteroatoms. The molecule has 178 valence electrons. The van der Waals surface area contributed by atoms with Crippen molar-refractivity contribution < 1.29 is 19.8 Å². The SMILES string of the molecule is O=C(O)CC1=C(c2cccs2)CN(C2(c3ccccc3)c3ccccc3-c3ccccc32)[C@@H]1C(=O)O. The number of hydrogen-bond donors (Lipinski definition) is 2. The van der Waals surface area contributed by atoms with E-state index in [9.17, 15) is 19.8 Å². The van der Waals surface area contributed by atoms with Crippen molar-refractivity contribution in [1.29, 1.82) is 0 Å². The Balaban J connectivity index is 1.68. The summed E-state index contributed by atoms with van der Waals surface area (Å²) in [5.41, 5.74) is 5.41. The molecule has 0 spiro atoms. The van der Waals surface area contributed by atoms with Crippen LogP contribution >= 0.6 is 11.3 Å². The summed E-state index contributed by atoms with van der Waals surface area (Å²) < 4.78 is 0. The van der Waals surface area contributed by atoms with E-state index in [-0.39, 0.29) is 6.42 Å². The third kappa shape index (κ3) is 3.19. The molecular weight excluding hydrogens is 470 g/mol. The first-order chi connectivity index (χ1) is 17.5. The number of nitrogens with zero attached hydrogens (tertiary/aromatic N) is 1. The van der Waals surface area contributed by atoms with Crippen molar-refractivity contribution in [2.45, 2.75) is 18.0 Å². The average Bonchev–Trinajstić information content (AvgIpc) is 3.60. The van der Waals surface area contributed by atoms with E-state index >= 15 is 0 Å². The molecule has 5 nitrogen and oxygen atoms in total. The molecule has 0 unspecified atom stereocenters. The number of benzene rings is 3. The minimum atomic E-state index is -1.10. The Labute approximate surface area is 212 Å². The Hall–Kier alpha value is -4.00. The highest BCUT2D eigenvalue weighted by Gasteiger charge is 2.55. The Bertz CT molecular complexity index is 1460. The fourth-order valence-corrected chi connectivity index (χ4v) is 6.84. The number of carboxylic acids is 2. The molecule has 2 heterocycles. The van der Waals surface area contributed by atoms with Crippen molar-refractivity contribution in [2.75, 3.05) is 6.54 Å². The molecule has 1 aliphatic carbocycles. The molecule has 3 aromatic carbocycles. The maximum absolute atomic E-state index is 13.0. The molecule has 2 N–H and O–H groups in total. The zero-order valence-electron chi connectivity index (χ0n) is 19.3. The van der Waals surface area contributed by atoms with Gasteiger partial charge in [-0.25, -0.2) is 0 Å². The minimum absolute atomic E-state index is 0.317. The van der Waals surface area contributed by atoms with Crippen LogP contribution in [0.3, 0.4) is 0 Å². The van der Waals surface area contributed by atoms with Gasteiger partial charge in [0.25, 0.3) is 0 Å². The monoisotopic (exact) mass is 493 g/mol. The second-order valence-corrected chi connectivity index (χ2v) is 10.0. The molecule has 1 aromatic heterocycles. The summed E-state index contributed by atoms with van der Waals surface area (Å²) in [5, 5.41) is 22.4. The van der Waals surface area contributed by atoms with Crippen molar-refractivity contribution >= 4 is 28.8 Å². The van der Waals surface area contributed by atoms with Crippen molar-refractivity contribution in [3.8, 4) is 11.1 Å². The van der Waals surface area contributed by atoms with Gasteiger partial charge in [-0.05, 0) is 50.4 Å². The predicted molar refractivity (Wildman–Crippen MR) is 140 cm³/mol. The van der Waals surface area contributed by atoms with Crippen LogP contribution in [0.2, 0.25) is 0 Å². The van der Waals surface area contributed by atoms with Crippen LogP contribution in [0.4, 0.5) is 0 Å². The van der Waals surface area contributed by atoms with Gasteiger partial charge in [-0.2, -0.15) is 0 Å². The summed E-state index contributed by atoms with van der Waals surface area (Å²) in [6.07, 6.45) is -0.325. The first-order valence-corrected chi connectivity index (χ1v) is 12.6. The van der Waals surface area contributed by atoms with Crippen LogP contribution in [-0.2, 0) is 15.1 Å². The normalized spacial score (nSPS) is 18.2. The molecule has 4 aromatic rings. The number of hydrogen-bond acceptors (Lipinski definition) is 4. The Kier molecular flexibility index (Phi) is 5.36. The standard InChI is InChI=1S/C30H23NO4S/c32-27(33)17-22-23(26-15-8-16-36-26)18-31(28(22)29(34)35)30(19-9-2-1-3-10-19)24-13-6-4-11-20(24)21-12-5-7-14-25(21)30/h1-16,28H,17-18H2,(H,32,33)(H,34,35)/t28-/m0/s1. The fraction of sp³-hybridized carbons (Fsp3) is 0.133. The van der Waals surface area contributed by atoms with Crippen molar-refractivity contribution in [2.24, 2.45) is 0 Å². The molecule has 36 heavy (non-hydrogen) atoms. The van der Waals surface area contributed by atoms with Gasteiger partial charge in [0.2, 0.25) is 0 Å². The number of carboxylic acid groups (broad SMARTS) is 2. The first kappa shape index (κ1) is 22.5. The topological polar surface area (TPSA) is 77.8 Å². The summed E-state index contributed by atoms with van der Waals surface area (Å²) in [7, 11) is 0. The maximum Gasteiger partial charge on any atom is 0.325 e. The average molecular weight is 494 g/mol. The van der Waals surface area contributed by atoms with Crippen LogP contribution in [0.15, 0.2) is 102 Å². The quantitative estimate of drug-likeness (QED) is 0.359. The lowest BCUT2D eigenvalue weighted by molar-refractivity contribution is -0.142. The van der Waals surface area contributed by atoms with E-state index in [4.69, 9.17) is 0 Å². The largest absolute Gasteiger partial charge is 0.481 e. The molecule has 1 aliphatic heterocycles. The molecule has 2 aliphatic rings. The molecule has 0 fully saturated rings. The van der Waals surface area contributed by atoms with E-state index in [0.717, 1.165) is 38.3 Å². The molecule has 0 bridgehead atoms. The molecule has 0 amide bonds. The van der Waals surface area contributed by atoms with Crippen molar-refractivity contribution in [1.82, 2.24) is 4.90 Å². The molecule has 6 rings (SSSR count). The fourth-order valence-electron chi connectivity index (χ4n) is 6.04. The van der Waals surface area contributed by atoms with Gasteiger partial charge in [0.15, 0.2) is 0 Å². The highest BCUT2D eigenvalue weighted by molar-refractivity contribution is 7.11. The summed E-state index contributed by atoms with van der Waals surface area (Å²) in [6.45, 7) is 0.317. The van der Waals surface area contributed by atoms with Crippen LogP contribution in [0, 0.1) is 0 Å². The zero-order valence-corrected chi connectivity index (χ0v) is 20.1. The number of carbonyl (C=O) groups is 2. The Morgan fingerprint density at radius 3 is 2.00 bits per heavy atom. The molecule has 0 saturated heterocycles. The zero-order chi connectivity index (χ0) is 24.9. The van der Waals surface area contributed by atoms with Crippen LogP contribution in [0.1, 0.15) is 28.0 Å². The summed E-state index contributed by atoms with van der Waals surface area (Å²) in [6, 6.07) is 29.0. The molecule has 0 radical (unpaired) electrons. The van der Waals surface area contributed by atoms with E-state index in [1.165, 1.54) is 11.3 Å². The number of aliphatic carboxylic acids is 2. The van der Waals surface area contributed by atoms with E-state index in [1.807, 2.05) is 77.0 Å². The summed E-state index contributed by atoms with van der Waals surface area (Å²) >= 11 is 1.50. The molecule has 1 atom stereocenters. The van der Waals surface area contributed by atoms with Crippen LogP contribution in [-0.4, -0.2) is 39.6 Å². The van der Waals surface area contributed by atoms with Gasteiger partial charge in [-0.3, -0.25) is 14.5 Å². The number of fused-ring (bicyclic) bond motifs is 3. The lowest BCUT2D eigenvalue weighted by Crippen LogP contribution is -2.53. The van der Waals surface area contributed by atoms with E-state index in [0.29, 0.717) is 12.1 Å². The van der Waals surface area contributed by atoms with Crippen LogP contribution < -0.4 is 0 Å². The predicted octanol–water partition coefficient (Wildman–Crippen LogP) is 5.72. The highest BCUT2D eigenvalue weighted by atomic mass is 32.1. The third-order valence-corrected chi connectivity index (χ3v) is 8.23. The smallest absolute Gasteiger partial charge is 0.325 e. The maximum atomic E-state index is 13.0. The molecule has 0 saturated carbocycles. The van der Waals surface area contributed by atoms with E-state index in [2.05, 4.69) is 24.3 Å². The van der Waals surface area contributed by atoms with Gasteiger partial charge in [0.05, 0.1) is 12.0 Å². The second-order valence-electron chi connectivity index (χ2n) is 9.09. The van der Waals surface area contributed by atoms with Gasteiger partial charge in [-0.15, -0.1) is 11.3 Å². The number of rotatable bonds is 6. The van der Waals surface area contributed by atoms with Gasteiger partial charge in [0.1, 0.15) is 6.04 Å². The highest BCUT2D eigenvalue weighted by Crippen LogP contribution is 2.57. The van der Waals surface area contributed by atoms with Gasteiger partial charge < -0.3 is 10.2 Å². The Morgan fingerprint density at radius 1 is 0.833 bits per heavy atom. The van der Waals surface area contributed by atoms with Crippen molar-refractivity contribution in [3.63, 3.8) is 0 Å². The lowest BCUT2D eigenvalue weighted by atomic mass is 9.78. The van der Waals surface area contributed by atoms with Crippen molar-refractivity contribution in [3.05, 3.63) is 124 Å². The van der Waals surface area contributed by atoms with E-state index < -0.39 is 23.5 Å². The lowest BCUT2D eigenvalue weighted by Gasteiger charge is -2.44. The van der Waals surface area contributed by atoms with Gasteiger partial charge >= 0.3 is 11.9 Å². The second kappa shape index (κ2) is 8.59. The minimum Gasteiger partial charge on any atom is -0.481 e. The summed E-state index contributed by atoms with van der Waals surface area (Å²) in [4.78, 5) is 27.9. The van der Waals surface area contributed by atoms with E-state index in [1.54, 1.807) is 0 Å². The van der Waals surface area contributed by atoms with Gasteiger partial charge in [-0.1, -0.05) is 84.9 Å². The number of thiophene rings is 1. The first-order valence-electron chi connectivity index (χ1n) is 11.8. The van der Waals surface area contributed by atoms with Crippen LogP contribution in [0.5, 0.6) is 0 Å². The van der Waals surface area contributed by atoms with Gasteiger partial charge in [0, 0.05) is 11.4 Å². The summed E-state index contributed by atoms with van der Waals surface area (Å²) in [5.74, 6) is -2.08. The van der Waals surface area contributed by atoms with Crippen LogP contribution in [0.25, 0.3) is 16.7 Å². The molecular formula is C30H23NO4S. The third-order valence-electron chi connectivity index (χ3n) is 7.30.